The molecule has 1 saturated heterocycles. The molecule has 2 saturated carbocycles. The summed E-state index contributed by atoms with van der Waals surface area (Å²) in [7, 11) is 0. The summed E-state index contributed by atoms with van der Waals surface area (Å²) in [5.41, 5.74) is 1.88. The van der Waals surface area contributed by atoms with Gasteiger partial charge in [-0.1, -0.05) is 19.1 Å². The van der Waals surface area contributed by atoms with Gasteiger partial charge in [0.2, 0.25) is 0 Å². The molecule has 3 unspecified atom stereocenters. The third-order valence-corrected chi connectivity index (χ3v) is 5.72. The van der Waals surface area contributed by atoms with Crippen molar-refractivity contribution in [1.29, 1.82) is 0 Å². The maximum absolute atomic E-state index is 6.23. The lowest BCUT2D eigenvalue weighted by Gasteiger charge is -2.24. The van der Waals surface area contributed by atoms with Crippen molar-refractivity contribution in [3.63, 3.8) is 0 Å². The van der Waals surface area contributed by atoms with Crippen LogP contribution >= 0.6 is 0 Å². The number of ether oxygens (including phenoxy) is 1. The number of rotatable bonds is 1. The van der Waals surface area contributed by atoms with Gasteiger partial charge in [0.1, 0.15) is 5.60 Å². The molecule has 16 heavy (non-hydrogen) atoms. The maximum atomic E-state index is 6.23. The monoisotopic (exact) mass is 220 g/mol. The molecule has 5 atom stereocenters. The summed E-state index contributed by atoms with van der Waals surface area (Å²) in [6.45, 7) is 11.1. The molecule has 1 nitrogen and oxygen atoms in total. The summed E-state index contributed by atoms with van der Waals surface area (Å²) < 4.78 is 6.23. The maximum Gasteiger partial charge on any atom is 0.101 e. The van der Waals surface area contributed by atoms with E-state index in [-0.39, 0.29) is 11.2 Å². The molecule has 3 fully saturated rings. The molecule has 1 heteroatoms. The number of epoxide rings is 1. The lowest BCUT2D eigenvalue weighted by atomic mass is 9.79. The Labute approximate surface area is 99.3 Å². The van der Waals surface area contributed by atoms with Gasteiger partial charge in [0.25, 0.3) is 0 Å². The summed E-state index contributed by atoms with van der Waals surface area (Å²) in [6, 6.07) is 0. The second kappa shape index (κ2) is 3.13. The number of hydrogen-bond acceptors (Lipinski definition) is 1. The van der Waals surface area contributed by atoms with E-state index in [2.05, 4.69) is 27.4 Å². The van der Waals surface area contributed by atoms with E-state index in [0.717, 1.165) is 17.8 Å². The van der Waals surface area contributed by atoms with E-state index in [9.17, 15) is 0 Å². The smallest absolute Gasteiger partial charge is 0.101 e. The molecule has 3 rings (SSSR count). The Morgan fingerprint density at radius 2 is 2.06 bits per heavy atom. The summed E-state index contributed by atoms with van der Waals surface area (Å²) in [5.74, 6) is 2.39. The van der Waals surface area contributed by atoms with Crippen LogP contribution < -0.4 is 0 Å². The number of hydrogen-bond donors (Lipinski definition) is 0. The van der Waals surface area contributed by atoms with Crippen LogP contribution in [0.25, 0.3) is 0 Å². The minimum atomic E-state index is 0.215. The molecule has 0 radical (unpaired) electrons. The fourth-order valence-electron chi connectivity index (χ4n) is 4.45. The molecule has 0 N–H and O–H groups in total. The van der Waals surface area contributed by atoms with Crippen molar-refractivity contribution in [2.24, 2.45) is 17.8 Å². The standard InChI is InChI=1S/C15H24O/c1-10(2)12-6-7-14(4)15(16-14)8-5-11(3)13(15)9-12/h11-13H,1,5-9H2,2-4H3/t11-,12+,13?,14?,15?/m1/s1. The Morgan fingerprint density at radius 1 is 1.31 bits per heavy atom. The molecule has 1 spiro atoms. The molecule has 0 aromatic carbocycles. The highest BCUT2D eigenvalue weighted by Gasteiger charge is 2.73. The first-order valence-electron chi connectivity index (χ1n) is 6.84. The highest BCUT2D eigenvalue weighted by atomic mass is 16.6. The zero-order valence-electron chi connectivity index (χ0n) is 10.9. The van der Waals surface area contributed by atoms with Crippen LogP contribution in [0.1, 0.15) is 52.9 Å². The summed E-state index contributed by atoms with van der Waals surface area (Å²) in [6.07, 6.45) is 6.53. The Kier molecular flexibility index (Phi) is 2.12. The normalized spacial score (nSPS) is 55.1. The zero-order chi connectivity index (χ0) is 11.6. The van der Waals surface area contributed by atoms with Gasteiger partial charge in [0.05, 0.1) is 5.60 Å². The molecule has 0 amide bonds. The minimum absolute atomic E-state index is 0.215. The predicted molar refractivity (Wildman–Crippen MR) is 66.3 cm³/mol. The van der Waals surface area contributed by atoms with Crippen LogP contribution in [0.15, 0.2) is 12.2 Å². The van der Waals surface area contributed by atoms with E-state index in [1.807, 2.05) is 0 Å². The van der Waals surface area contributed by atoms with Crippen molar-refractivity contribution in [3.05, 3.63) is 12.2 Å². The third kappa shape index (κ3) is 1.21. The molecular formula is C15H24O. The van der Waals surface area contributed by atoms with E-state index < -0.39 is 0 Å². The largest absolute Gasteiger partial charge is 0.363 e. The minimum Gasteiger partial charge on any atom is -0.363 e. The van der Waals surface area contributed by atoms with Gasteiger partial charge in [0, 0.05) is 0 Å². The van der Waals surface area contributed by atoms with Gasteiger partial charge >= 0.3 is 0 Å². The average Bonchev–Trinajstić information content (AvgIpc) is 2.71. The van der Waals surface area contributed by atoms with E-state index in [0.29, 0.717) is 0 Å². The molecular weight excluding hydrogens is 196 g/mol. The van der Waals surface area contributed by atoms with E-state index in [1.54, 1.807) is 0 Å². The first-order valence-corrected chi connectivity index (χ1v) is 6.84. The van der Waals surface area contributed by atoms with E-state index in [4.69, 9.17) is 4.74 Å². The van der Waals surface area contributed by atoms with Crippen molar-refractivity contribution in [2.45, 2.75) is 64.1 Å². The van der Waals surface area contributed by atoms with Crippen LogP contribution in [0.5, 0.6) is 0 Å². The van der Waals surface area contributed by atoms with Gasteiger partial charge < -0.3 is 4.74 Å². The molecule has 3 aliphatic rings. The Morgan fingerprint density at radius 3 is 2.75 bits per heavy atom. The Balaban J connectivity index is 1.89. The van der Waals surface area contributed by atoms with Crippen LogP contribution in [0, 0.1) is 17.8 Å². The van der Waals surface area contributed by atoms with Gasteiger partial charge in [-0.05, 0) is 63.7 Å². The topological polar surface area (TPSA) is 12.5 Å². The second-order valence-electron chi connectivity index (χ2n) is 6.66. The van der Waals surface area contributed by atoms with Crippen molar-refractivity contribution in [2.75, 3.05) is 0 Å². The second-order valence-corrected chi connectivity index (χ2v) is 6.66. The van der Waals surface area contributed by atoms with Gasteiger partial charge in [-0.2, -0.15) is 0 Å². The van der Waals surface area contributed by atoms with E-state index >= 15 is 0 Å². The Bertz CT molecular complexity index is 330. The number of allylic oxidation sites excluding steroid dienone is 1. The van der Waals surface area contributed by atoms with Crippen LogP contribution in [0.4, 0.5) is 0 Å². The van der Waals surface area contributed by atoms with Crippen LogP contribution in [0.2, 0.25) is 0 Å². The van der Waals surface area contributed by atoms with Gasteiger partial charge in [-0.3, -0.25) is 0 Å². The molecule has 90 valence electrons. The van der Waals surface area contributed by atoms with Crippen molar-refractivity contribution in [3.8, 4) is 0 Å². The predicted octanol–water partition coefficient (Wildman–Crippen LogP) is 3.94. The van der Waals surface area contributed by atoms with Crippen molar-refractivity contribution < 1.29 is 4.74 Å². The first-order chi connectivity index (χ1) is 7.48. The molecule has 0 bridgehead atoms. The van der Waals surface area contributed by atoms with Crippen molar-refractivity contribution in [1.82, 2.24) is 0 Å². The Hall–Kier alpha value is -0.300. The highest BCUT2D eigenvalue weighted by molar-refractivity contribution is 5.22. The zero-order valence-corrected chi connectivity index (χ0v) is 10.9. The fraction of sp³-hybridized carbons (Fsp3) is 0.867. The molecule has 0 aromatic heterocycles. The molecule has 1 aliphatic heterocycles. The summed E-state index contributed by atoms with van der Waals surface area (Å²) in [4.78, 5) is 0. The highest BCUT2D eigenvalue weighted by Crippen LogP contribution is 2.67. The third-order valence-electron chi connectivity index (χ3n) is 5.72. The van der Waals surface area contributed by atoms with Crippen LogP contribution in [-0.2, 0) is 4.74 Å². The van der Waals surface area contributed by atoms with Gasteiger partial charge in [-0.25, -0.2) is 0 Å². The lowest BCUT2D eigenvalue weighted by molar-refractivity contribution is 0.178. The van der Waals surface area contributed by atoms with Gasteiger partial charge in [0.15, 0.2) is 0 Å². The summed E-state index contributed by atoms with van der Waals surface area (Å²) in [5, 5.41) is 0. The van der Waals surface area contributed by atoms with Crippen LogP contribution in [0.3, 0.4) is 0 Å². The molecule has 2 aliphatic carbocycles. The SMILES string of the molecule is C=C(C)[C@H]1CCC2(C)OC23CC[C@@H](C)C3C1. The fourth-order valence-corrected chi connectivity index (χ4v) is 4.45. The lowest BCUT2D eigenvalue weighted by Crippen LogP contribution is -2.28. The first kappa shape index (κ1) is 10.8. The van der Waals surface area contributed by atoms with Gasteiger partial charge in [-0.15, -0.1) is 0 Å². The van der Waals surface area contributed by atoms with Crippen LogP contribution in [-0.4, -0.2) is 11.2 Å². The quantitative estimate of drug-likeness (QED) is 0.482. The molecule has 1 heterocycles. The summed E-state index contributed by atoms with van der Waals surface area (Å²) >= 11 is 0. The average molecular weight is 220 g/mol. The van der Waals surface area contributed by atoms with Crippen molar-refractivity contribution >= 4 is 0 Å². The molecule has 0 aromatic rings. The van der Waals surface area contributed by atoms with E-state index in [1.165, 1.54) is 37.7 Å².